The molecule has 0 radical (unpaired) electrons. The third-order valence-corrected chi connectivity index (χ3v) is 6.62. The average molecular weight is 445 g/mol. The Morgan fingerprint density at radius 2 is 1.82 bits per heavy atom. The Balaban J connectivity index is 1.30. The second-order valence-electron chi connectivity index (χ2n) is 8.96. The van der Waals surface area contributed by atoms with Crippen LogP contribution < -0.4 is 19.1 Å². The molecule has 0 unspecified atom stereocenters. The zero-order valence-electron chi connectivity index (χ0n) is 18.9. The van der Waals surface area contributed by atoms with E-state index in [1.807, 2.05) is 24.3 Å². The van der Waals surface area contributed by atoms with Crippen LogP contribution in [0.1, 0.15) is 35.2 Å². The van der Waals surface area contributed by atoms with Crippen molar-refractivity contribution >= 4 is 5.95 Å². The van der Waals surface area contributed by atoms with Crippen LogP contribution in [0, 0.1) is 6.92 Å². The van der Waals surface area contributed by atoms with E-state index >= 15 is 0 Å². The second kappa shape index (κ2) is 8.56. The monoisotopic (exact) mass is 444 g/mol. The molecule has 0 aliphatic carbocycles. The van der Waals surface area contributed by atoms with Crippen LogP contribution in [0.5, 0.6) is 23.1 Å². The third kappa shape index (κ3) is 4.09. The normalized spacial score (nSPS) is 17.3. The molecule has 1 saturated heterocycles. The number of rotatable bonds is 5. The lowest BCUT2D eigenvalue weighted by atomic mass is 10.1. The molecule has 3 aliphatic rings. The van der Waals surface area contributed by atoms with Gasteiger partial charge in [0.05, 0.1) is 11.3 Å². The van der Waals surface area contributed by atoms with Gasteiger partial charge in [-0.1, -0.05) is 24.3 Å². The number of ether oxygens (including phenoxy) is 3. The molecule has 7 nitrogen and oxygen atoms in total. The van der Waals surface area contributed by atoms with Gasteiger partial charge in [0, 0.05) is 39.1 Å². The zero-order valence-corrected chi connectivity index (χ0v) is 18.9. The molecule has 0 saturated carbocycles. The van der Waals surface area contributed by atoms with Gasteiger partial charge in [-0.2, -0.15) is 4.98 Å². The van der Waals surface area contributed by atoms with Crippen LogP contribution in [0.25, 0.3) is 0 Å². The molecule has 3 aromatic rings. The van der Waals surface area contributed by atoms with Gasteiger partial charge < -0.3 is 19.1 Å². The van der Waals surface area contributed by atoms with Crippen LogP contribution in [0.2, 0.25) is 0 Å². The maximum atomic E-state index is 6.43. The minimum absolute atomic E-state index is 0.298. The van der Waals surface area contributed by atoms with E-state index in [4.69, 9.17) is 24.2 Å². The van der Waals surface area contributed by atoms with Crippen molar-refractivity contribution in [2.24, 2.45) is 0 Å². The molecule has 0 spiro atoms. The van der Waals surface area contributed by atoms with E-state index in [0.29, 0.717) is 12.7 Å². The van der Waals surface area contributed by atoms with Crippen LogP contribution in [0.4, 0.5) is 5.95 Å². The van der Waals surface area contributed by atoms with Gasteiger partial charge in [-0.25, -0.2) is 4.98 Å². The maximum Gasteiger partial charge on any atom is 0.231 e. The highest BCUT2D eigenvalue weighted by Crippen LogP contribution is 2.35. The first-order valence-electron chi connectivity index (χ1n) is 11.7. The summed E-state index contributed by atoms with van der Waals surface area (Å²) in [4.78, 5) is 14.6. The van der Waals surface area contributed by atoms with E-state index in [9.17, 15) is 0 Å². The first kappa shape index (κ1) is 20.3. The van der Waals surface area contributed by atoms with Gasteiger partial charge in [-0.3, -0.25) is 4.90 Å². The number of para-hydroxylation sites is 1. The molecule has 7 heteroatoms. The third-order valence-electron chi connectivity index (χ3n) is 6.62. The summed E-state index contributed by atoms with van der Waals surface area (Å²) in [7, 11) is 0. The van der Waals surface area contributed by atoms with Crippen LogP contribution in [0.15, 0.2) is 42.5 Å². The number of hydrogen-bond acceptors (Lipinski definition) is 7. The Morgan fingerprint density at radius 1 is 0.970 bits per heavy atom. The van der Waals surface area contributed by atoms with E-state index in [1.165, 1.54) is 18.4 Å². The summed E-state index contributed by atoms with van der Waals surface area (Å²) in [6.07, 6.45) is 3.27. The summed E-state index contributed by atoms with van der Waals surface area (Å²) in [6.45, 7) is 6.92. The molecule has 6 rings (SSSR count). The number of aryl methyl sites for hydroxylation is 1. The summed E-state index contributed by atoms with van der Waals surface area (Å²) in [5, 5.41) is 0. The van der Waals surface area contributed by atoms with Crippen molar-refractivity contribution in [2.75, 3.05) is 31.3 Å². The van der Waals surface area contributed by atoms with Gasteiger partial charge in [0.15, 0.2) is 11.5 Å². The average Bonchev–Trinajstić information content (AvgIpc) is 3.53. The first-order valence-corrected chi connectivity index (χ1v) is 11.7. The first-order chi connectivity index (χ1) is 16.2. The highest BCUT2D eigenvalue weighted by molar-refractivity contribution is 5.46. The van der Waals surface area contributed by atoms with E-state index in [-0.39, 0.29) is 0 Å². The summed E-state index contributed by atoms with van der Waals surface area (Å²) >= 11 is 0. The Morgan fingerprint density at radius 3 is 2.70 bits per heavy atom. The second-order valence-corrected chi connectivity index (χ2v) is 8.96. The molecular weight excluding hydrogens is 416 g/mol. The van der Waals surface area contributed by atoms with Gasteiger partial charge >= 0.3 is 0 Å². The topological polar surface area (TPSA) is 60.0 Å². The van der Waals surface area contributed by atoms with Crippen molar-refractivity contribution in [1.82, 2.24) is 14.9 Å². The fourth-order valence-electron chi connectivity index (χ4n) is 4.78. The number of benzene rings is 2. The molecule has 0 amide bonds. The molecule has 1 fully saturated rings. The van der Waals surface area contributed by atoms with Crippen LogP contribution in [-0.2, 0) is 19.5 Å². The van der Waals surface area contributed by atoms with Crippen molar-refractivity contribution in [3.8, 4) is 23.1 Å². The van der Waals surface area contributed by atoms with Crippen LogP contribution >= 0.6 is 0 Å². The highest BCUT2D eigenvalue weighted by atomic mass is 16.7. The van der Waals surface area contributed by atoms with Gasteiger partial charge in [-0.15, -0.1) is 0 Å². The van der Waals surface area contributed by atoms with Crippen LogP contribution in [-0.4, -0.2) is 41.3 Å². The maximum absolute atomic E-state index is 6.43. The Bertz CT molecular complexity index is 1180. The van der Waals surface area contributed by atoms with E-state index in [2.05, 4.69) is 34.9 Å². The van der Waals surface area contributed by atoms with E-state index in [1.54, 1.807) is 0 Å². The molecule has 170 valence electrons. The standard InChI is InChI=1S/C26H28N4O3/c1-18-6-2-3-7-22(18)33-25-20-16-29(15-19-8-9-23-24(14-19)32-17-31-23)13-10-21(20)27-26(28-25)30-11-4-5-12-30/h2-3,6-9,14H,4-5,10-13,15-17H2,1H3. The number of hydrogen-bond donors (Lipinski definition) is 0. The Labute approximate surface area is 193 Å². The van der Waals surface area contributed by atoms with Crippen molar-refractivity contribution in [3.63, 3.8) is 0 Å². The highest BCUT2D eigenvalue weighted by Gasteiger charge is 2.27. The summed E-state index contributed by atoms with van der Waals surface area (Å²) in [6, 6.07) is 14.3. The summed E-state index contributed by atoms with van der Waals surface area (Å²) in [5.74, 6) is 3.98. The molecule has 0 N–H and O–H groups in total. The predicted molar refractivity (Wildman–Crippen MR) is 125 cm³/mol. The van der Waals surface area contributed by atoms with Crippen molar-refractivity contribution in [1.29, 1.82) is 0 Å². The Kier molecular flexibility index (Phi) is 5.26. The summed E-state index contributed by atoms with van der Waals surface area (Å²) in [5.41, 5.74) is 4.50. The summed E-state index contributed by atoms with van der Waals surface area (Å²) < 4.78 is 17.4. The largest absolute Gasteiger partial charge is 0.454 e. The van der Waals surface area contributed by atoms with Gasteiger partial charge in [0.1, 0.15) is 5.75 Å². The molecular formula is C26H28N4O3. The quantitative estimate of drug-likeness (QED) is 0.576. The minimum atomic E-state index is 0.298. The number of aromatic nitrogens is 2. The smallest absolute Gasteiger partial charge is 0.231 e. The molecule has 33 heavy (non-hydrogen) atoms. The number of anilines is 1. The van der Waals surface area contributed by atoms with Gasteiger partial charge in [-0.05, 0) is 49.1 Å². The fourth-order valence-corrected chi connectivity index (χ4v) is 4.78. The molecule has 0 atom stereocenters. The molecule has 2 aromatic carbocycles. The molecule has 0 bridgehead atoms. The SMILES string of the molecule is Cc1ccccc1Oc1nc(N2CCCC2)nc2c1CN(Cc1ccc3c(c1)OCO3)CC2. The van der Waals surface area contributed by atoms with Crippen molar-refractivity contribution in [2.45, 2.75) is 39.3 Å². The minimum Gasteiger partial charge on any atom is -0.454 e. The van der Waals surface area contributed by atoms with Gasteiger partial charge in [0.2, 0.25) is 18.6 Å². The number of nitrogens with zero attached hydrogens (tertiary/aromatic N) is 4. The van der Waals surface area contributed by atoms with Crippen molar-refractivity contribution < 1.29 is 14.2 Å². The number of fused-ring (bicyclic) bond motifs is 2. The molecule has 4 heterocycles. The lowest BCUT2D eigenvalue weighted by Crippen LogP contribution is -2.32. The molecule has 1 aromatic heterocycles. The fraction of sp³-hybridized carbons (Fsp3) is 0.385. The Hall–Kier alpha value is -3.32. The predicted octanol–water partition coefficient (Wildman–Crippen LogP) is 4.46. The lowest BCUT2D eigenvalue weighted by molar-refractivity contribution is 0.174. The van der Waals surface area contributed by atoms with E-state index < -0.39 is 0 Å². The molecule has 3 aliphatic heterocycles. The zero-order chi connectivity index (χ0) is 22.2. The van der Waals surface area contributed by atoms with Crippen LogP contribution in [0.3, 0.4) is 0 Å². The van der Waals surface area contributed by atoms with E-state index in [0.717, 1.165) is 79.2 Å². The van der Waals surface area contributed by atoms with Gasteiger partial charge in [0.25, 0.3) is 0 Å². The lowest BCUT2D eigenvalue weighted by Gasteiger charge is -2.30. The van der Waals surface area contributed by atoms with Crippen molar-refractivity contribution in [3.05, 3.63) is 64.8 Å².